The average Bonchev–Trinajstić information content (AvgIpc) is 3.45. The number of nitrogens with zero attached hydrogens (tertiary/aromatic N) is 3. The summed E-state index contributed by atoms with van der Waals surface area (Å²) in [7, 11) is -3.64. The number of carbonyl (C=O) groups excluding carboxylic acids is 1. The van der Waals surface area contributed by atoms with Crippen molar-refractivity contribution in [1.82, 2.24) is 14.6 Å². The summed E-state index contributed by atoms with van der Waals surface area (Å²) in [6.07, 6.45) is 4.10. The predicted octanol–water partition coefficient (Wildman–Crippen LogP) is 2.41. The lowest BCUT2D eigenvalue weighted by molar-refractivity contribution is 0.0952. The van der Waals surface area contributed by atoms with Crippen molar-refractivity contribution in [2.75, 3.05) is 42.6 Å². The van der Waals surface area contributed by atoms with Crippen molar-refractivity contribution in [1.29, 1.82) is 0 Å². The average molecular weight is 453 g/mol. The molecule has 1 amide bonds. The molecular weight excluding hydrogens is 428 g/mol. The van der Waals surface area contributed by atoms with E-state index >= 15 is 0 Å². The number of pyridine rings is 1. The molecule has 7 nitrogen and oxygen atoms in total. The summed E-state index contributed by atoms with van der Waals surface area (Å²) in [6, 6.07) is 5.40. The van der Waals surface area contributed by atoms with Crippen LogP contribution in [0.3, 0.4) is 0 Å². The Kier molecular flexibility index (Phi) is 6.43. The zero-order valence-corrected chi connectivity index (χ0v) is 18.5. The van der Waals surface area contributed by atoms with Gasteiger partial charge in [-0.3, -0.25) is 4.79 Å². The second-order valence-corrected chi connectivity index (χ2v) is 11.1. The van der Waals surface area contributed by atoms with Gasteiger partial charge in [-0.2, -0.15) is 16.1 Å². The Labute approximate surface area is 179 Å². The largest absolute Gasteiger partial charge is 0.357 e. The third-order valence-electron chi connectivity index (χ3n) is 5.12. The van der Waals surface area contributed by atoms with E-state index in [9.17, 15) is 13.2 Å². The van der Waals surface area contributed by atoms with Gasteiger partial charge in [0.2, 0.25) is 10.0 Å². The molecule has 2 aromatic rings. The van der Waals surface area contributed by atoms with Crippen molar-refractivity contribution in [3.8, 4) is 0 Å². The van der Waals surface area contributed by atoms with Gasteiger partial charge in [0.15, 0.2) is 0 Å². The molecule has 0 bridgehead atoms. The van der Waals surface area contributed by atoms with Crippen molar-refractivity contribution in [2.24, 2.45) is 0 Å². The first-order valence-electron chi connectivity index (χ1n) is 9.69. The lowest BCUT2D eigenvalue weighted by atomic mass is 10.2. The maximum Gasteiger partial charge on any atom is 0.263 e. The van der Waals surface area contributed by atoms with E-state index in [1.54, 1.807) is 23.3 Å². The summed E-state index contributed by atoms with van der Waals surface area (Å²) in [5, 5.41) is 4.54. The molecule has 0 radical (unpaired) electrons. The van der Waals surface area contributed by atoms with Crippen LogP contribution in [0.25, 0.3) is 0 Å². The molecule has 2 aromatic heterocycles. The van der Waals surface area contributed by atoms with Gasteiger partial charge in [-0.15, -0.1) is 11.3 Å². The zero-order chi connectivity index (χ0) is 20.3. The minimum Gasteiger partial charge on any atom is -0.357 e. The predicted molar refractivity (Wildman–Crippen MR) is 117 cm³/mol. The van der Waals surface area contributed by atoms with E-state index in [0.717, 1.165) is 47.3 Å². The number of hydrogen-bond acceptors (Lipinski definition) is 7. The fourth-order valence-electron chi connectivity index (χ4n) is 3.54. The van der Waals surface area contributed by atoms with Gasteiger partial charge in [0, 0.05) is 50.4 Å². The molecule has 10 heteroatoms. The molecule has 0 spiro atoms. The van der Waals surface area contributed by atoms with Crippen molar-refractivity contribution in [2.45, 2.75) is 24.3 Å². The molecule has 156 valence electrons. The highest BCUT2D eigenvalue weighted by atomic mass is 32.2. The van der Waals surface area contributed by atoms with Crippen LogP contribution in [0.1, 0.15) is 28.1 Å². The highest BCUT2D eigenvalue weighted by Crippen LogP contribution is 2.27. The minimum atomic E-state index is -3.64. The molecular formula is C19H24N4O3S3. The number of thiophene rings is 1. The van der Waals surface area contributed by atoms with Gasteiger partial charge in [0.1, 0.15) is 15.6 Å². The summed E-state index contributed by atoms with van der Waals surface area (Å²) >= 11 is 2.91. The number of hydrogen-bond donors (Lipinski definition) is 1. The topological polar surface area (TPSA) is 82.6 Å². The third kappa shape index (κ3) is 4.60. The molecule has 4 rings (SSSR count). The molecule has 1 N–H and O–H groups in total. The molecule has 0 aliphatic carbocycles. The van der Waals surface area contributed by atoms with Gasteiger partial charge in [-0.1, -0.05) is 0 Å². The first-order chi connectivity index (χ1) is 14.1. The maximum atomic E-state index is 13.0. The highest BCUT2D eigenvalue weighted by Gasteiger charge is 2.31. The van der Waals surface area contributed by atoms with Crippen LogP contribution in [0, 0.1) is 0 Å². The van der Waals surface area contributed by atoms with Crippen LogP contribution < -0.4 is 10.2 Å². The third-order valence-corrected chi connectivity index (χ3v) is 9.04. The molecule has 0 aromatic carbocycles. The number of amides is 1. The van der Waals surface area contributed by atoms with Crippen LogP contribution in [-0.2, 0) is 16.6 Å². The normalized spacial score (nSPS) is 18.1. The van der Waals surface area contributed by atoms with Gasteiger partial charge < -0.3 is 10.2 Å². The van der Waals surface area contributed by atoms with Gasteiger partial charge in [0.25, 0.3) is 5.91 Å². The van der Waals surface area contributed by atoms with Crippen LogP contribution in [0.15, 0.2) is 34.7 Å². The van der Waals surface area contributed by atoms with E-state index in [0.29, 0.717) is 19.6 Å². The van der Waals surface area contributed by atoms with Crippen molar-refractivity contribution < 1.29 is 13.2 Å². The first kappa shape index (κ1) is 20.6. The fourth-order valence-corrected chi connectivity index (χ4v) is 7.44. The lowest BCUT2D eigenvalue weighted by Crippen LogP contribution is -2.38. The second kappa shape index (κ2) is 9.03. The Bertz CT molecular complexity index is 965. The van der Waals surface area contributed by atoms with E-state index < -0.39 is 10.0 Å². The number of carbonyl (C=O) groups is 1. The molecule has 4 heterocycles. The molecule has 2 aliphatic rings. The van der Waals surface area contributed by atoms with Gasteiger partial charge >= 0.3 is 0 Å². The van der Waals surface area contributed by atoms with Crippen LogP contribution in [0.2, 0.25) is 0 Å². The summed E-state index contributed by atoms with van der Waals surface area (Å²) < 4.78 is 27.4. The summed E-state index contributed by atoms with van der Waals surface area (Å²) in [4.78, 5) is 19.8. The lowest BCUT2D eigenvalue weighted by Gasteiger charge is -2.25. The van der Waals surface area contributed by atoms with E-state index in [2.05, 4.69) is 15.2 Å². The zero-order valence-electron chi connectivity index (χ0n) is 16.0. The molecule has 2 fully saturated rings. The summed E-state index contributed by atoms with van der Waals surface area (Å²) in [5.74, 6) is 2.14. The Morgan fingerprint density at radius 1 is 1.14 bits per heavy atom. The Balaban J connectivity index is 1.45. The molecule has 2 aliphatic heterocycles. The van der Waals surface area contributed by atoms with Gasteiger partial charge in [0.05, 0.1) is 0 Å². The van der Waals surface area contributed by atoms with E-state index in [1.165, 1.54) is 23.2 Å². The second-order valence-electron chi connectivity index (χ2n) is 7.03. The van der Waals surface area contributed by atoms with E-state index in [1.807, 2.05) is 12.1 Å². The van der Waals surface area contributed by atoms with Crippen molar-refractivity contribution in [3.63, 3.8) is 0 Å². The number of anilines is 1. The summed E-state index contributed by atoms with van der Waals surface area (Å²) in [6.45, 7) is 3.32. The van der Waals surface area contributed by atoms with Crippen molar-refractivity contribution >= 4 is 44.8 Å². The van der Waals surface area contributed by atoms with E-state index in [4.69, 9.17) is 0 Å². The smallest absolute Gasteiger partial charge is 0.263 e. The number of sulfonamides is 1. The van der Waals surface area contributed by atoms with E-state index in [-0.39, 0.29) is 15.7 Å². The number of aromatic nitrogens is 1. The standard InChI is InChI=1S/C19H24N4O3S3/c24-19(21-14-15-3-5-20-17(13-15)22-6-1-2-7-22)18-16(4-10-28-18)29(25,26)23-8-11-27-12-9-23/h3-5,10,13H,1-2,6-9,11-12,14H2,(H,21,24). The molecule has 0 unspecified atom stereocenters. The number of thioether (sulfide) groups is 1. The van der Waals surface area contributed by atoms with Gasteiger partial charge in [-0.25, -0.2) is 13.4 Å². The Morgan fingerprint density at radius 2 is 1.90 bits per heavy atom. The van der Waals surface area contributed by atoms with Gasteiger partial charge in [-0.05, 0) is 42.0 Å². The van der Waals surface area contributed by atoms with Crippen LogP contribution in [0.4, 0.5) is 5.82 Å². The van der Waals surface area contributed by atoms with Crippen LogP contribution in [0.5, 0.6) is 0 Å². The highest BCUT2D eigenvalue weighted by molar-refractivity contribution is 7.99. The van der Waals surface area contributed by atoms with Crippen molar-refractivity contribution in [3.05, 3.63) is 40.2 Å². The molecule has 0 atom stereocenters. The maximum absolute atomic E-state index is 13.0. The first-order valence-corrected chi connectivity index (χ1v) is 13.2. The molecule has 2 saturated heterocycles. The monoisotopic (exact) mass is 452 g/mol. The minimum absolute atomic E-state index is 0.111. The summed E-state index contributed by atoms with van der Waals surface area (Å²) in [5.41, 5.74) is 0.948. The number of nitrogens with one attached hydrogen (secondary N) is 1. The SMILES string of the molecule is O=C(NCc1ccnc(N2CCCC2)c1)c1sccc1S(=O)(=O)N1CCSCC1. The molecule has 29 heavy (non-hydrogen) atoms. The Hall–Kier alpha value is -1.62. The van der Waals surface area contributed by atoms with Crippen LogP contribution in [-0.4, -0.2) is 61.3 Å². The Morgan fingerprint density at radius 3 is 2.66 bits per heavy atom. The number of rotatable bonds is 6. The van der Waals surface area contributed by atoms with Crippen LogP contribution >= 0.6 is 23.1 Å². The fraction of sp³-hybridized carbons (Fsp3) is 0.474. The molecule has 0 saturated carbocycles. The quantitative estimate of drug-likeness (QED) is 0.725.